The van der Waals surface area contributed by atoms with Crippen LogP contribution in [-0.4, -0.2) is 55.9 Å². The zero-order valence-electron chi connectivity index (χ0n) is 15.9. The molecule has 7 heteroatoms. The van der Waals surface area contributed by atoms with Gasteiger partial charge in [0.1, 0.15) is 17.7 Å². The molecule has 0 spiro atoms. The van der Waals surface area contributed by atoms with Crippen LogP contribution in [0.4, 0.5) is 4.39 Å². The summed E-state index contributed by atoms with van der Waals surface area (Å²) in [6.45, 7) is 7.21. The van der Waals surface area contributed by atoms with Gasteiger partial charge in [-0.05, 0) is 37.7 Å². The van der Waals surface area contributed by atoms with Gasteiger partial charge in [0, 0.05) is 37.6 Å². The van der Waals surface area contributed by atoms with Crippen LogP contribution >= 0.6 is 11.8 Å². The average molecular weight is 384 g/mol. The number of thioether (sulfide) groups is 1. The lowest BCUT2D eigenvalue weighted by molar-refractivity contribution is 0.0782. The Balaban J connectivity index is 1.79. The fourth-order valence-corrected chi connectivity index (χ4v) is 4.18. The molecule has 1 aliphatic rings. The molecule has 5 nitrogen and oxygen atoms in total. The van der Waals surface area contributed by atoms with Crippen LogP contribution in [0.2, 0.25) is 0 Å². The van der Waals surface area contributed by atoms with Gasteiger partial charge in [-0.25, -0.2) is 4.39 Å². The van der Waals surface area contributed by atoms with Crippen molar-refractivity contribution >= 4 is 17.7 Å². The van der Waals surface area contributed by atoms with E-state index in [9.17, 15) is 4.39 Å². The molecule has 0 saturated carbocycles. The molecule has 0 amide bonds. The van der Waals surface area contributed by atoms with E-state index in [4.69, 9.17) is 9.47 Å². The third-order valence-electron chi connectivity index (χ3n) is 4.35. The van der Waals surface area contributed by atoms with Crippen molar-refractivity contribution in [3.05, 3.63) is 30.1 Å². The van der Waals surface area contributed by atoms with Crippen LogP contribution in [0.25, 0.3) is 0 Å². The van der Waals surface area contributed by atoms with E-state index < -0.39 is 0 Å². The maximum absolute atomic E-state index is 13.2. The fourth-order valence-electron chi connectivity index (χ4n) is 2.94. The zero-order chi connectivity index (χ0) is 18.8. The lowest BCUT2D eigenvalue weighted by Crippen LogP contribution is -2.49. The van der Waals surface area contributed by atoms with Gasteiger partial charge in [-0.1, -0.05) is 13.0 Å². The molecule has 1 heterocycles. The second kappa shape index (κ2) is 10.6. The van der Waals surface area contributed by atoms with E-state index in [2.05, 4.69) is 22.5 Å². The van der Waals surface area contributed by atoms with Gasteiger partial charge in [-0.3, -0.25) is 4.99 Å². The molecule has 0 aliphatic carbocycles. The van der Waals surface area contributed by atoms with E-state index in [0.29, 0.717) is 12.3 Å². The standard InChI is InChI=1S/C19H30FN3O2S/c1-4-26-19(8-10-24-11-9-19)14-23-18(21-3)22-13-15(2)25-17-7-5-6-16(20)12-17/h5-7,12,15H,4,8-11,13-14H2,1-3H3,(H2,21,22,23). The van der Waals surface area contributed by atoms with Crippen LogP contribution in [-0.2, 0) is 4.74 Å². The molecular weight excluding hydrogens is 353 g/mol. The summed E-state index contributed by atoms with van der Waals surface area (Å²) in [5.41, 5.74) is 0. The Labute approximate surface area is 160 Å². The largest absolute Gasteiger partial charge is 0.489 e. The molecule has 1 aromatic rings. The first kappa shape index (κ1) is 20.8. The van der Waals surface area contributed by atoms with E-state index in [1.807, 2.05) is 18.7 Å². The van der Waals surface area contributed by atoms with Crippen LogP contribution in [0.1, 0.15) is 26.7 Å². The summed E-state index contributed by atoms with van der Waals surface area (Å²) in [5.74, 6) is 2.08. The topological polar surface area (TPSA) is 54.9 Å². The predicted molar refractivity (Wildman–Crippen MR) is 107 cm³/mol. The van der Waals surface area contributed by atoms with Gasteiger partial charge in [0.25, 0.3) is 0 Å². The summed E-state index contributed by atoms with van der Waals surface area (Å²) in [7, 11) is 1.76. The second-order valence-electron chi connectivity index (χ2n) is 6.42. The Hall–Kier alpha value is -1.47. The average Bonchev–Trinajstić information content (AvgIpc) is 2.63. The van der Waals surface area contributed by atoms with Gasteiger partial charge in [0.15, 0.2) is 5.96 Å². The molecule has 0 radical (unpaired) electrons. The second-order valence-corrected chi connectivity index (χ2v) is 8.15. The molecule has 1 saturated heterocycles. The first-order valence-corrected chi connectivity index (χ1v) is 10.1. The molecule has 2 rings (SSSR count). The van der Waals surface area contributed by atoms with E-state index in [1.165, 1.54) is 12.1 Å². The monoisotopic (exact) mass is 383 g/mol. The van der Waals surface area contributed by atoms with E-state index in [1.54, 1.807) is 19.2 Å². The van der Waals surface area contributed by atoms with Crippen LogP contribution in [0.5, 0.6) is 5.75 Å². The lowest BCUT2D eigenvalue weighted by atomic mass is 9.99. The lowest BCUT2D eigenvalue weighted by Gasteiger charge is -2.37. The number of aliphatic imine (C=N–C) groups is 1. The van der Waals surface area contributed by atoms with Crippen LogP contribution in [0, 0.1) is 5.82 Å². The van der Waals surface area contributed by atoms with Crippen molar-refractivity contribution in [2.24, 2.45) is 4.99 Å². The zero-order valence-corrected chi connectivity index (χ0v) is 16.7. The highest BCUT2D eigenvalue weighted by molar-refractivity contribution is 8.00. The summed E-state index contributed by atoms with van der Waals surface area (Å²) in [6.07, 6.45) is 1.99. The SMILES string of the molecule is CCSC1(CNC(=NC)NCC(C)Oc2cccc(F)c2)CCOCC1. The van der Waals surface area contributed by atoms with Crippen LogP contribution in [0.3, 0.4) is 0 Å². The highest BCUT2D eigenvalue weighted by Gasteiger charge is 2.32. The van der Waals surface area contributed by atoms with E-state index in [0.717, 1.165) is 44.3 Å². The minimum atomic E-state index is -0.296. The minimum Gasteiger partial charge on any atom is -0.489 e. The van der Waals surface area contributed by atoms with Gasteiger partial charge in [-0.2, -0.15) is 11.8 Å². The molecule has 146 valence electrons. The smallest absolute Gasteiger partial charge is 0.191 e. The van der Waals surface area contributed by atoms with Gasteiger partial charge in [0.2, 0.25) is 0 Å². The van der Waals surface area contributed by atoms with E-state index >= 15 is 0 Å². The Morgan fingerprint density at radius 2 is 2.15 bits per heavy atom. The Bertz CT molecular complexity index is 574. The van der Waals surface area contributed by atoms with Gasteiger partial charge >= 0.3 is 0 Å². The van der Waals surface area contributed by atoms with Crippen LogP contribution in [0.15, 0.2) is 29.3 Å². The number of hydrogen-bond acceptors (Lipinski definition) is 4. The molecule has 1 fully saturated rings. The maximum Gasteiger partial charge on any atom is 0.191 e. The highest BCUT2D eigenvalue weighted by atomic mass is 32.2. The molecule has 26 heavy (non-hydrogen) atoms. The maximum atomic E-state index is 13.2. The third-order valence-corrected chi connectivity index (χ3v) is 5.80. The van der Waals surface area contributed by atoms with Crippen LogP contribution < -0.4 is 15.4 Å². The number of rotatable bonds is 8. The summed E-state index contributed by atoms with van der Waals surface area (Å²) in [4.78, 5) is 4.30. The Kier molecular flexibility index (Phi) is 8.51. The number of hydrogen-bond donors (Lipinski definition) is 2. The molecule has 0 aromatic heterocycles. The molecule has 1 aromatic carbocycles. The number of nitrogens with one attached hydrogen (secondary N) is 2. The first-order chi connectivity index (χ1) is 12.6. The molecular formula is C19H30FN3O2S. The normalized spacial score (nSPS) is 18.2. The van der Waals surface area contributed by atoms with Gasteiger partial charge in [-0.15, -0.1) is 0 Å². The summed E-state index contributed by atoms with van der Waals surface area (Å²) in [5, 5.41) is 6.72. The summed E-state index contributed by atoms with van der Waals surface area (Å²) < 4.78 is 24.7. The minimum absolute atomic E-state index is 0.114. The number of halogens is 1. The molecule has 1 atom stereocenters. The Morgan fingerprint density at radius 1 is 1.38 bits per heavy atom. The van der Waals surface area contributed by atoms with Crippen molar-refractivity contribution in [2.75, 3.05) is 39.1 Å². The quantitative estimate of drug-likeness (QED) is 0.534. The van der Waals surface area contributed by atoms with Crippen molar-refractivity contribution in [2.45, 2.75) is 37.5 Å². The van der Waals surface area contributed by atoms with Crippen molar-refractivity contribution in [1.29, 1.82) is 0 Å². The first-order valence-electron chi connectivity index (χ1n) is 9.15. The number of benzene rings is 1. The number of nitrogens with zero attached hydrogens (tertiary/aromatic N) is 1. The number of guanidine groups is 1. The van der Waals surface area contributed by atoms with Gasteiger partial charge < -0.3 is 20.1 Å². The van der Waals surface area contributed by atoms with Crippen molar-refractivity contribution in [3.8, 4) is 5.75 Å². The molecule has 1 aliphatic heterocycles. The fraction of sp³-hybridized carbons (Fsp3) is 0.632. The third kappa shape index (κ3) is 6.68. The summed E-state index contributed by atoms with van der Waals surface area (Å²) >= 11 is 1.99. The number of ether oxygens (including phenoxy) is 2. The Morgan fingerprint density at radius 3 is 2.81 bits per heavy atom. The van der Waals surface area contributed by atoms with Crippen molar-refractivity contribution < 1.29 is 13.9 Å². The molecule has 1 unspecified atom stereocenters. The van der Waals surface area contributed by atoms with E-state index in [-0.39, 0.29) is 16.7 Å². The summed E-state index contributed by atoms with van der Waals surface area (Å²) in [6, 6.07) is 6.19. The predicted octanol–water partition coefficient (Wildman–Crippen LogP) is 3.06. The van der Waals surface area contributed by atoms with Crippen molar-refractivity contribution in [1.82, 2.24) is 10.6 Å². The highest BCUT2D eigenvalue weighted by Crippen LogP contribution is 2.34. The van der Waals surface area contributed by atoms with Gasteiger partial charge in [0.05, 0.1) is 6.54 Å². The molecule has 0 bridgehead atoms. The van der Waals surface area contributed by atoms with Crippen molar-refractivity contribution in [3.63, 3.8) is 0 Å². The molecule has 2 N–H and O–H groups in total.